The summed E-state index contributed by atoms with van der Waals surface area (Å²) in [6.07, 6.45) is -4.61. The number of alkyl halides is 3. The average molecular weight is 409 g/mol. The molecule has 3 rings (SSSR count). The van der Waals surface area contributed by atoms with Crippen molar-refractivity contribution in [2.24, 2.45) is 0 Å². The van der Waals surface area contributed by atoms with E-state index in [0.29, 0.717) is 11.3 Å². The van der Waals surface area contributed by atoms with E-state index in [-0.39, 0.29) is 10.7 Å². The molecule has 0 aliphatic heterocycles. The predicted molar refractivity (Wildman–Crippen MR) is 105 cm³/mol. The Labute approximate surface area is 170 Å². The molecule has 0 aliphatic rings. The molecule has 0 saturated heterocycles. The summed E-state index contributed by atoms with van der Waals surface area (Å²) in [5.74, 6) is 0.364. The van der Waals surface area contributed by atoms with Crippen LogP contribution in [0.3, 0.4) is 0 Å². The molecule has 0 saturated carbocycles. The first kappa shape index (κ1) is 20.4. The molecule has 0 atom stereocenters. The van der Waals surface area contributed by atoms with Gasteiger partial charge in [0.1, 0.15) is 11.1 Å². The van der Waals surface area contributed by atoms with Crippen LogP contribution in [0.4, 0.5) is 13.2 Å². The SMILES string of the molecule is Cc1cc(C(F)(F)F)c(C#N)c(SCc2ccc(-c3ccccc3C#N)cc2)n1. The van der Waals surface area contributed by atoms with Gasteiger partial charge >= 0.3 is 6.18 Å². The fourth-order valence-electron chi connectivity index (χ4n) is 2.85. The zero-order valence-corrected chi connectivity index (χ0v) is 16.1. The first-order chi connectivity index (χ1) is 13.8. The second kappa shape index (κ2) is 8.38. The third-order valence-electron chi connectivity index (χ3n) is 4.22. The van der Waals surface area contributed by atoms with E-state index in [0.717, 1.165) is 34.5 Å². The summed E-state index contributed by atoms with van der Waals surface area (Å²) >= 11 is 1.09. The lowest BCUT2D eigenvalue weighted by molar-refractivity contribution is -0.138. The van der Waals surface area contributed by atoms with E-state index in [4.69, 9.17) is 0 Å². The first-order valence-corrected chi connectivity index (χ1v) is 9.52. The van der Waals surface area contributed by atoms with E-state index >= 15 is 0 Å². The largest absolute Gasteiger partial charge is 0.417 e. The molecule has 0 aliphatic carbocycles. The molecule has 0 N–H and O–H groups in total. The summed E-state index contributed by atoms with van der Waals surface area (Å²) in [6, 6.07) is 19.4. The number of pyridine rings is 1. The second-order valence-corrected chi connectivity index (χ2v) is 7.21. The van der Waals surface area contributed by atoms with Gasteiger partial charge in [0.25, 0.3) is 0 Å². The molecule has 7 heteroatoms. The fraction of sp³-hybridized carbons (Fsp3) is 0.136. The molecule has 1 heterocycles. The quantitative estimate of drug-likeness (QED) is 0.488. The predicted octanol–water partition coefficient (Wildman–Crippen LogP) is 6.11. The zero-order valence-electron chi connectivity index (χ0n) is 15.3. The van der Waals surface area contributed by atoms with Gasteiger partial charge in [-0.3, -0.25) is 0 Å². The standard InChI is InChI=1S/C22H14F3N3S/c1-14-10-20(22(23,24)25)19(12-27)21(28-14)29-13-15-6-8-16(9-7-15)18-5-3-2-4-17(18)11-26/h2-10H,13H2,1H3. The maximum atomic E-state index is 13.2. The third kappa shape index (κ3) is 4.59. The number of hydrogen-bond donors (Lipinski definition) is 0. The molecule has 0 fully saturated rings. The molecular formula is C22H14F3N3S. The molecule has 0 radical (unpaired) electrons. The van der Waals surface area contributed by atoms with Crippen molar-refractivity contribution in [3.8, 4) is 23.3 Å². The Morgan fingerprint density at radius 2 is 1.69 bits per heavy atom. The van der Waals surface area contributed by atoms with E-state index < -0.39 is 17.3 Å². The van der Waals surface area contributed by atoms with Crippen molar-refractivity contribution in [2.75, 3.05) is 0 Å². The Hall–Kier alpha value is -3.29. The van der Waals surface area contributed by atoms with Crippen molar-refractivity contribution in [3.05, 3.63) is 82.5 Å². The van der Waals surface area contributed by atoms with Gasteiger partial charge in [-0.1, -0.05) is 42.5 Å². The van der Waals surface area contributed by atoms with Crippen LogP contribution in [0.1, 0.15) is 27.9 Å². The number of nitriles is 2. The highest BCUT2D eigenvalue weighted by molar-refractivity contribution is 7.98. The lowest BCUT2D eigenvalue weighted by Gasteiger charge is -2.13. The van der Waals surface area contributed by atoms with Crippen LogP contribution in [0.5, 0.6) is 0 Å². The lowest BCUT2D eigenvalue weighted by atomic mass is 10.00. The van der Waals surface area contributed by atoms with Crippen molar-refractivity contribution in [2.45, 2.75) is 23.9 Å². The topological polar surface area (TPSA) is 60.5 Å². The minimum atomic E-state index is -4.61. The van der Waals surface area contributed by atoms with Gasteiger partial charge in [-0.15, -0.1) is 11.8 Å². The summed E-state index contributed by atoms with van der Waals surface area (Å²) in [4.78, 5) is 4.13. The van der Waals surface area contributed by atoms with Crippen molar-refractivity contribution in [3.63, 3.8) is 0 Å². The molecule has 0 amide bonds. The van der Waals surface area contributed by atoms with Crippen molar-refractivity contribution < 1.29 is 13.2 Å². The van der Waals surface area contributed by atoms with Crippen LogP contribution in [0, 0.1) is 29.6 Å². The molecule has 0 bridgehead atoms. The highest BCUT2D eigenvalue weighted by Crippen LogP contribution is 2.36. The van der Waals surface area contributed by atoms with E-state index in [1.165, 1.54) is 6.92 Å². The highest BCUT2D eigenvalue weighted by Gasteiger charge is 2.35. The number of hydrogen-bond acceptors (Lipinski definition) is 4. The van der Waals surface area contributed by atoms with E-state index in [1.54, 1.807) is 18.2 Å². The summed E-state index contributed by atoms with van der Waals surface area (Å²) in [7, 11) is 0. The summed E-state index contributed by atoms with van der Waals surface area (Å²) < 4.78 is 39.6. The van der Waals surface area contributed by atoms with Gasteiger partial charge in [-0.2, -0.15) is 23.7 Å². The molecule has 0 unspecified atom stereocenters. The van der Waals surface area contributed by atoms with Crippen LogP contribution in [-0.2, 0) is 11.9 Å². The molecule has 1 aromatic heterocycles. The molecule has 3 aromatic rings. The van der Waals surface area contributed by atoms with Gasteiger partial charge in [0.2, 0.25) is 0 Å². The van der Waals surface area contributed by atoms with Crippen LogP contribution < -0.4 is 0 Å². The number of benzene rings is 2. The number of aryl methyl sites for hydroxylation is 1. The minimum Gasteiger partial charge on any atom is -0.245 e. The average Bonchev–Trinajstić information content (AvgIpc) is 2.71. The Kier molecular flexibility index (Phi) is 5.91. The normalized spacial score (nSPS) is 11.0. The Morgan fingerprint density at radius 3 is 2.31 bits per heavy atom. The minimum absolute atomic E-state index is 0.0683. The summed E-state index contributed by atoms with van der Waals surface area (Å²) in [5, 5.41) is 18.5. The highest BCUT2D eigenvalue weighted by atomic mass is 32.2. The molecular weight excluding hydrogens is 395 g/mol. The fourth-order valence-corrected chi connectivity index (χ4v) is 3.85. The van der Waals surface area contributed by atoms with Crippen LogP contribution in [0.2, 0.25) is 0 Å². The third-order valence-corrected chi connectivity index (χ3v) is 5.27. The van der Waals surface area contributed by atoms with Gasteiger partial charge in [-0.05, 0) is 35.7 Å². The number of halogens is 3. The smallest absolute Gasteiger partial charge is 0.245 e. The lowest BCUT2D eigenvalue weighted by Crippen LogP contribution is -2.10. The first-order valence-electron chi connectivity index (χ1n) is 8.53. The maximum absolute atomic E-state index is 13.2. The molecule has 0 spiro atoms. The zero-order chi connectivity index (χ0) is 21.0. The van der Waals surface area contributed by atoms with Gasteiger partial charge < -0.3 is 0 Å². The number of thioether (sulfide) groups is 1. The van der Waals surface area contributed by atoms with Crippen molar-refractivity contribution in [1.29, 1.82) is 10.5 Å². The van der Waals surface area contributed by atoms with E-state index in [2.05, 4.69) is 11.1 Å². The molecule has 3 nitrogen and oxygen atoms in total. The number of nitrogens with zero attached hydrogens (tertiary/aromatic N) is 3. The Balaban J connectivity index is 1.84. The van der Waals surface area contributed by atoms with Crippen LogP contribution in [0.15, 0.2) is 59.6 Å². The molecule has 29 heavy (non-hydrogen) atoms. The Morgan fingerprint density at radius 1 is 1.00 bits per heavy atom. The van der Waals surface area contributed by atoms with E-state index in [9.17, 15) is 23.7 Å². The van der Waals surface area contributed by atoms with E-state index in [1.807, 2.05) is 36.4 Å². The maximum Gasteiger partial charge on any atom is 0.417 e. The van der Waals surface area contributed by atoms with Crippen LogP contribution in [-0.4, -0.2) is 4.98 Å². The molecule has 144 valence electrons. The van der Waals surface area contributed by atoms with Gasteiger partial charge in [0.05, 0.1) is 22.8 Å². The number of rotatable bonds is 4. The second-order valence-electron chi connectivity index (χ2n) is 6.24. The summed E-state index contributed by atoms with van der Waals surface area (Å²) in [5.41, 5.74) is 1.93. The van der Waals surface area contributed by atoms with Crippen LogP contribution in [0.25, 0.3) is 11.1 Å². The van der Waals surface area contributed by atoms with Gasteiger partial charge in [0.15, 0.2) is 0 Å². The summed E-state index contributed by atoms with van der Waals surface area (Å²) in [6.45, 7) is 1.47. The van der Waals surface area contributed by atoms with Crippen molar-refractivity contribution >= 4 is 11.8 Å². The van der Waals surface area contributed by atoms with Crippen molar-refractivity contribution in [1.82, 2.24) is 4.98 Å². The molecule has 2 aromatic carbocycles. The van der Waals surface area contributed by atoms with Gasteiger partial charge in [-0.25, -0.2) is 4.98 Å². The van der Waals surface area contributed by atoms with Crippen LogP contribution >= 0.6 is 11.8 Å². The monoisotopic (exact) mass is 409 g/mol. The van der Waals surface area contributed by atoms with Gasteiger partial charge in [0, 0.05) is 11.4 Å². The number of aromatic nitrogens is 1. The Bertz CT molecular complexity index is 1120.